The van der Waals surface area contributed by atoms with Crippen molar-refractivity contribution in [2.45, 2.75) is 45.4 Å². The van der Waals surface area contributed by atoms with E-state index >= 15 is 4.39 Å². The molecule has 0 heterocycles. The molecule has 0 fully saturated rings. The van der Waals surface area contributed by atoms with Crippen LogP contribution in [-0.4, -0.2) is 0 Å². The number of fused-ring (bicyclic) bond motifs is 1. The second kappa shape index (κ2) is 10.1. The van der Waals surface area contributed by atoms with Gasteiger partial charge in [0, 0.05) is 10.4 Å². The molecular weight excluding hydrogens is 403 g/mol. The molecule has 0 nitrogen and oxygen atoms in total. The Hall–Kier alpha value is -2.64. The van der Waals surface area contributed by atoms with Crippen LogP contribution >= 0.6 is 11.6 Å². The van der Waals surface area contributed by atoms with Crippen molar-refractivity contribution in [1.82, 2.24) is 0 Å². The van der Waals surface area contributed by atoms with Crippen LogP contribution in [0.2, 0.25) is 5.02 Å². The molecule has 0 N–H and O–H groups in total. The lowest BCUT2D eigenvalue weighted by Gasteiger charge is -2.10. The van der Waals surface area contributed by atoms with Crippen LogP contribution < -0.4 is 0 Å². The molecule has 0 spiro atoms. The van der Waals surface area contributed by atoms with Crippen LogP contribution in [0.25, 0.3) is 21.9 Å². The first-order valence-corrected chi connectivity index (χ1v) is 11.6. The molecule has 0 saturated heterocycles. The largest absolute Gasteiger partial charge is 0.206 e. The molecule has 0 saturated carbocycles. The van der Waals surface area contributed by atoms with Gasteiger partial charge in [0.1, 0.15) is 5.82 Å². The Kier molecular flexibility index (Phi) is 7.04. The molecule has 0 bridgehead atoms. The summed E-state index contributed by atoms with van der Waals surface area (Å²) in [4.78, 5) is 0. The molecule has 4 aromatic rings. The van der Waals surface area contributed by atoms with Gasteiger partial charge < -0.3 is 0 Å². The van der Waals surface area contributed by atoms with E-state index in [1.165, 1.54) is 30.4 Å². The Morgan fingerprint density at radius 2 is 1.35 bits per heavy atom. The average molecular weight is 431 g/mol. The summed E-state index contributed by atoms with van der Waals surface area (Å²) in [6, 6.07) is 26.6. The van der Waals surface area contributed by atoms with Gasteiger partial charge in [0.15, 0.2) is 0 Å². The molecular formula is C29H28ClF. The fraction of sp³-hybridized carbons (Fsp3) is 0.241. The Morgan fingerprint density at radius 3 is 2.10 bits per heavy atom. The summed E-state index contributed by atoms with van der Waals surface area (Å²) in [6.45, 7) is 2.23. The summed E-state index contributed by atoms with van der Waals surface area (Å²) in [6.07, 6.45) is 6.36. The Bertz CT molecular complexity index is 1140. The van der Waals surface area contributed by atoms with Crippen LogP contribution in [-0.2, 0) is 19.3 Å². The molecule has 0 aliphatic carbocycles. The second-order valence-electron chi connectivity index (χ2n) is 8.26. The maximum Gasteiger partial charge on any atom is 0.134 e. The molecule has 0 aliphatic rings. The standard InChI is InChI=1S/C29H28ClF/c1-2-3-4-5-21-6-11-23(12-7-21)25-16-19-28-26(20-25)15-14-24(29(28)31)13-8-22-9-17-27(30)18-10-22/h6-7,9-12,14-20H,2-5,8,13H2,1H3. The Balaban J connectivity index is 1.50. The quantitative estimate of drug-likeness (QED) is 0.245. The van der Waals surface area contributed by atoms with Gasteiger partial charge in [-0.2, -0.15) is 0 Å². The maximum absolute atomic E-state index is 15.1. The zero-order valence-corrected chi connectivity index (χ0v) is 18.8. The molecule has 4 rings (SSSR count). The van der Waals surface area contributed by atoms with Crippen LogP contribution in [0.3, 0.4) is 0 Å². The van der Waals surface area contributed by atoms with Crippen LogP contribution in [0.1, 0.15) is 42.9 Å². The highest BCUT2D eigenvalue weighted by Gasteiger charge is 2.09. The Labute approximate surface area is 189 Å². The third-order valence-electron chi connectivity index (χ3n) is 5.99. The van der Waals surface area contributed by atoms with Crippen LogP contribution in [0, 0.1) is 5.82 Å². The molecule has 31 heavy (non-hydrogen) atoms. The lowest BCUT2D eigenvalue weighted by molar-refractivity contribution is 0.620. The molecule has 0 unspecified atom stereocenters. The van der Waals surface area contributed by atoms with E-state index in [9.17, 15) is 0 Å². The number of unbranched alkanes of at least 4 members (excludes halogenated alkanes) is 2. The van der Waals surface area contributed by atoms with E-state index in [1.54, 1.807) is 0 Å². The fourth-order valence-corrected chi connectivity index (χ4v) is 4.21. The van der Waals surface area contributed by atoms with Crippen LogP contribution in [0.4, 0.5) is 4.39 Å². The topological polar surface area (TPSA) is 0 Å². The van der Waals surface area contributed by atoms with Crippen molar-refractivity contribution in [2.24, 2.45) is 0 Å². The minimum absolute atomic E-state index is 0.107. The van der Waals surface area contributed by atoms with Crippen molar-refractivity contribution in [3.63, 3.8) is 0 Å². The van der Waals surface area contributed by atoms with Crippen molar-refractivity contribution in [3.05, 3.63) is 106 Å². The van der Waals surface area contributed by atoms with E-state index in [1.807, 2.05) is 48.5 Å². The lowest BCUT2D eigenvalue weighted by Crippen LogP contribution is -1.96. The van der Waals surface area contributed by atoms with Gasteiger partial charge in [0.25, 0.3) is 0 Å². The first-order chi connectivity index (χ1) is 15.1. The van der Waals surface area contributed by atoms with Crippen molar-refractivity contribution in [1.29, 1.82) is 0 Å². The van der Waals surface area contributed by atoms with E-state index < -0.39 is 0 Å². The molecule has 4 aromatic carbocycles. The molecule has 2 heteroatoms. The lowest BCUT2D eigenvalue weighted by atomic mass is 9.96. The zero-order valence-electron chi connectivity index (χ0n) is 18.0. The number of aryl methyl sites for hydroxylation is 3. The van der Waals surface area contributed by atoms with Gasteiger partial charge in [-0.15, -0.1) is 0 Å². The first-order valence-electron chi connectivity index (χ1n) is 11.2. The highest BCUT2D eigenvalue weighted by atomic mass is 35.5. The predicted molar refractivity (Wildman–Crippen MR) is 131 cm³/mol. The minimum atomic E-state index is -0.107. The highest BCUT2D eigenvalue weighted by Crippen LogP contribution is 2.28. The van der Waals surface area contributed by atoms with Gasteiger partial charge in [-0.25, -0.2) is 4.39 Å². The molecule has 0 amide bonds. The second-order valence-corrected chi connectivity index (χ2v) is 8.69. The molecule has 0 atom stereocenters. The number of rotatable bonds is 8. The van der Waals surface area contributed by atoms with Gasteiger partial charge >= 0.3 is 0 Å². The van der Waals surface area contributed by atoms with Gasteiger partial charge in [0.2, 0.25) is 0 Å². The zero-order chi connectivity index (χ0) is 21.6. The number of hydrogen-bond donors (Lipinski definition) is 0. The van der Waals surface area contributed by atoms with E-state index in [2.05, 4.69) is 37.3 Å². The number of hydrogen-bond acceptors (Lipinski definition) is 0. The van der Waals surface area contributed by atoms with Crippen LogP contribution in [0.15, 0.2) is 78.9 Å². The van der Waals surface area contributed by atoms with E-state index in [0.29, 0.717) is 11.8 Å². The van der Waals surface area contributed by atoms with Crippen molar-refractivity contribution >= 4 is 22.4 Å². The normalized spacial score (nSPS) is 11.2. The monoisotopic (exact) mass is 430 g/mol. The summed E-state index contributed by atoms with van der Waals surface area (Å²) in [5.74, 6) is -0.107. The van der Waals surface area contributed by atoms with Gasteiger partial charge in [-0.05, 0) is 77.1 Å². The summed E-state index contributed by atoms with van der Waals surface area (Å²) in [5, 5.41) is 2.35. The minimum Gasteiger partial charge on any atom is -0.206 e. The van der Waals surface area contributed by atoms with Crippen LogP contribution in [0.5, 0.6) is 0 Å². The van der Waals surface area contributed by atoms with E-state index in [0.717, 1.165) is 39.9 Å². The summed E-state index contributed by atoms with van der Waals surface area (Å²) < 4.78 is 15.1. The average Bonchev–Trinajstić information content (AvgIpc) is 2.80. The van der Waals surface area contributed by atoms with Crippen molar-refractivity contribution in [2.75, 3.05) is 0 Å². The predicted octanol–water partition coefficient (Wildman–Crippen LogP) is 8.82. The third-order valence-corrected chi connectivity index (χ3v) is 6.24. The molecule has 158 valence electrons. The summed E-state index contributed by atoms with van der Waals surface area (Å²) in [7, 11) is 0. The highest BCUT2D eigenvalue weighted by molar-refractivity contribution is 6.30. The molecule has 0 aliphatic heterocycles. The third kappa shape index (κ3) is 5.35. The summed E-state index contributed by atoms with van der Waals surface area (Å²) in [5.41, 5.74) is 5.60. The maximum atomic E-state index is 15.1. The molecule has 0 aromatic heterocycles. The van der Waals surface area contributed by atoms with Crippen molar-refractivity contribution < 1.29 is 4.39 Å². The van der Waals surface area contributed by atoms with E-state index in [-0.39, 0.29) is 5.82 Å². The first kappa shape index (κ1) is 21.6. The van der Waals surface area contributed by atoms with Gasteiger partial charge in [-0.1, -0.05) is 92.0 Å². The molecule has 0 radical (unpaired) electrons. The van der Waals surface area contributed by atoms with Gasteiger partial charge in [0.05, 0.1) is 0 Å². The number of benzene rings is 4. The smallest absolute Gasteiger partial charge is 0.134 e. The van der Waals surface area contributed by atoms with Gasteiger partial charge in [-0.3, -0.25) is 0 Å². The summed E-state index contributed by atoms with van der Waals surface area (Å²) >= 11 is 5.95. The SMILES string of the molecule is CCCCCc1ccc(-c2ccc3c(F)c(CCc4ccc(Cl)cc4)ccc3c2)cc1. The fourth-order valence-electron chi connectivity index (χ4n) is 4.08. The van der Waals surface area contributed by atoms with E-state index in [4.69, 9.17) is 11.6 Å². The van der Waals surface area contributed by atoms with Crippen molar-refractivity contribution in [3.8, 4) is 11.1 Å². The Morgan fingerprint density at radius 1 is 0.677 bits per heavy atom. The number of halogens is 2.